The predicted octanol–water partition coefficient (Wildman–Crippen LogP) is 0.754. The number of likely N-dealkylation sites (N-methyl/N-ethyl adjacent to an activating group) is 1. The van der Waals surface area contributed by atoms with Crippen molar-refractivity contribution in [3.63, 3.8) is 0 Å². The van der Waals surface area contributed by atoms with E-state index in [1.54, 1.807) is 0 Å². The number of hydrogen-bond acceptors (Lipinski definition) is 6. The van der Waals surface area contributed by atoms with Crippen LogP contribution in [0.2, 0.25) is 0 Å². The first-order chi connectivity index (χ1) is 12.9. The lowest BCUT2D eigenvalue weighted by atomic mass is 10.0. The summed E-state index contributed by atoms with van der Waals surface area (Å²) in [7, 11) is 1.94. The Balaban J connectivity index is 1.42. The van der Waals surface area contributed by atoms with Gasteiger partial charge >= 0.3 is 0 Å². The summed E-state index contributed by atoms with van der Waals surface area (Å²) < 4.78 is 25.5. The Bertz CT molecular complexity index is 719. The van der Waals surface area contributed by atoms with E-state index in [4.69, 9.17) is 4.84 Å². The van der Waals surface area contributed by atoms with Gasteiger partial charge in [-0.15, -0.1) is 0 Å². The molecule has 4 N–H and O–H groups in total. The predicted molar refractivity (Wildman–Crippen MR) is 94.6 cm³/mol. The zero-order chi connectivity index (χ0) is 19.1. The molecule has 2 aliphatic heterocycles. The fourth-order valence-corrected chi connectivity index (χ4v) is 4.01. The van der Waals surface area contributed by atoms with Crippen LogP contribution in [0.1, 0.15) is 42.2 Å². The summed E-state index contributed by atoms with van der Waals surface area (Å²) in [5, 5.41) is 9.17. The van der Waals surface area contributed by atoms with Crippen LogP contribution in [-0.2, 0) is 16.1 Å². The van der Waals surface area contributed by atoms with Gasteiger partial charge in [0.05, 0.1) is 12.2 Å². The fourth-order valence-electron chi connectivity index (χ4n) is 4.01. The van der Waals surface area contributed by atoms with Crippen molar-refractivity contribution in [2.45, 2.75) is 56.8 Å². The molecule has 0 radical (unpaired) electrons. The molecule has 1 amide bonds. The minimum absolute atomic E-state index is 0.0135. The molecule has 0 bridgehead atoms. The van der Waals surface area contributed by atoms with Crippen LogP contribution in [-0.4, -0.2) is 49.3 Å². The Labute approximate surface area is 156 Å². The second-order valence-electron chi connectivity index (χ2n) is 7.41. The zero-order valence-corrected chi connectivity index (χ0v) is 15.3. The SMILES string of the molecule is CC1NCC(C(=O)N[C@@H]2CCc3cc(C4NOC(C(F)F)N4)ccc32)N1C. The molecule has 4 rings (SSSR count). The summed E-state index contributed by atoms with van der Waals surface area (Å²) in [6.45, 7) is 2.68. The summed E-state index contributed by atoms with van der Waals surface area (Å²) in [6, 6.07) is 5.67. The third-order valence-corrected chi connectivity index (χ3v) is 5.78. The molecule has 0 aromatic heterocycles. The quantitative estimate of drug-likeness (QED) is 0.617. The average Bonchev–Trinajstić information content (AvgIpc) is 3.35. The van der Waals surface area contributed by atoms with Crippen molar-refractivity contribution in [3.05, 3.63) is 34.9 Å². The molecule has 3 aliphatic rings. The van der Waals surface area contributed by atoms with Gasteiger partial charge < -0.3 is 5.32 Å². The van der Waals surface area contributed by atoms with Crippen LogP contribution in [0.5, 0.6) is 0 Å². The molecule has 2 heterocycles. The highest BCUT2D eigenvalue weighted by Gasteiger charge is 2.36. The van der Waals surface area contributed by atoms with Gasteiger partial charge in [-0.3, -0.25) is 25.2 Å². The summed E-state index contributed by atoms with van der Waals surface area (Å²) in [5.41, 5.74) is 5.68. The van der Waals surface area contributed by atoms with Gasteiger partial charge in [0.15, 0.2) is 6.23 Å². The number of fused-ring (bicyclic) bond motifs is 1. The normalized spacial score (nSPS) is 33.6. The Morgan fingerprint density at radius 1 is 1.41 bits per heavy atom. The molecule has 1 aliphatic carbocycles. The minimum atomic E-state index is -2.59. The lowest BCUT2D eigenvalue weighted by Crippen LogP contribution is -2.45. The Kier molecular flexibility index (Phi) is 5.13. The van der Waals surface area contributed by atoms with Crippen molar-refractivity contribution in [2.75, 3.05) is 13.6 Å². The number of rotatable bonds is 4. The van der Waals surface area contributed by atoms with E-state index in [0.717, 1.165) is 29.5 Å². The lowest BCUT2D eigenvalue weighted by molar-refractivity contribution is -0.125. The Hall–Kier alpha value is -1.65. The molecule has 1 aromatic rings. The number of alkyl halides is 2. The first-order valence-electron chi connectivity index (χ1n) is 9.28. The van der Waals surface area contributed by atoms with Crippen LogP contribution in [0, 0.1) is 0 Å². The van der Waals surface area contributed by atoms with Crippen molar-refractivity contribution >= 4 is 5.91 Å². The number of carbonyl (C=O) groups excluding carboxylic acids is 1. The zero-order valence-electron chi connectivity index (χ0n) is 15.3. The average molecular weight is 381 g/mol. The van der Waals surface area contributed by atoms with E-state index in [-0.39, 0.29) is 24.2 Å². The van der Waals surface area contributed by atoms with E-state index in [2.05, 4.69) is 21.4 Å². The van der Waals surface area contributed by atoms with Gasteiger partial charge in [-0.2, -0.15) is 5.48 Å². The summed E-state index contributed by atoms with van der Waals surface area (Å²) in [6.07, 6.45) is -2.51. The highest BCUT2D eigenvalue weighted by atomic mass is 19.3. The molecule has 2 fully saturated rings. The van der Waals surface area contributed by atoms with Crippen molar-refractivity contribution in [3.8, 4) is 0 Å². The van der Waals surface area contributed by atoms with E-state index < -0.39 is 18.8 Å². The van der Waals surface area contributed by atoms with Gasteiger partial charge in [-0.1, -0.05) is 18.2 Å². The van der Waals surface area contributed by atoms with Gasteiger partial charge in [0.25, 0.3) is 6.43 Å². The van der Waals surface area contributed by atoms with Gasteiger partial charge in [-0.25, -0.2) is 8.78 Å². The highest BCUT2D eigenvalue weighted by molar-refractivity contribution is 5.83. The standard InChI is InChI=1S/C18H25F2N5O2/c1-9-21-8-14(25(9)2)17(26)22-13-6-4-10-7-11(3-5-12(10)13)16-23-18(15(19)20)27-24-16/h3,5,7,9,13-16,18,21,23-24H,4,6,8H2,1-2H3,(H,22,26)/t9?,13-,14?,16?,18?/m1/s1. The molecule has 1 aromatic carbocycles. The Morgan fingerprint density at radius 3 is 2.89 bits per heavy atom. The molecular weight excluding hydrogens is 356 g/mol. The molecule has 4 unspecified atom stereocenters. The lowest BCUT2D eigenvalue weighted by Gasteiger charge is -2.23. The molecular formula is C18H25F2N5O2. The second-order valence-corrected chi connectivity index (χ2v) is 7.41. The van der Waals surface area contributed by atoms with Crippen molar-refractivity contribution in [1.29, 1.82) is 0 Å². The number of hydrogen-bond donors (Lipinski definition) is 4. The van der Waals surface area contributed by atoms with Gasteiger partial charge in [0, 0.05) is 6.54 Å². The van der Waals surface area contributed by atoms with E-state index in [0.29, 0.717) is 6.54 Å². The van der Waals surface area contributed by atoms with Crippen LogP contribution in [0.25, 0.3) is 0 Å². The number of carbonyl (C=O) groups is 1. The molecule has 9 heteroatoms. The van der Waals surface area contributed by atoms with Crippen molar-refractivity contribution in [2.24, 2.45) is 0 Å². The number of aryl methyl sites for hydroxylation is 1. The fraction of sp³-hybridized carbons (Fsp3) is 0.611. The molecule has 27 heavy (non-hydrogen) atoms. The van der Waals surface area contributed by atoms with Crippen LogP contribution in [0.15, 0.2) is 18.2 Å². The minimum Gasteiger partial charge on any atom is -0.348 e. The van der Waals surface area contributed by atoms with Crippen LogP contribution in [0.3, 0.4) is 0 Å². The maximum atomic E-state index is 12.7. The molecule has 7 nitrogen and oxygen atoms in total. The number of hydroxylamine groups is 1. The largest absolute Gasteiger partial charge is 0.348 e. The van der Waals surface area contributed by atoms with E-state index in [1.807, 2.05) is 37.1 Å². The third kappa shape index (κ3) is 3.57. The number of nitrogens with zero attached hydrogens (tertiary/aromatic N) is 1. The van der Waals surface area contributed by atoms with E-state index >= 15 is 0 Å². The Morgan fingerprint density at radius 2 is 2.22 bits per heavy atom. The number of benzene rings is 1. The van der Waals surface area contributed by atoms with Crippen LogP contribution < -0.4 is 21.4 Å². The molecule has 0 spiro atoms. The summed E-state index contributed by atoms with van der Waals surface area (Å²) in [4.78, 5) is 19.5. The monoisotopic (exact) mass is 381 g/mol. The molecule has 5 atom stereocenters. The summed E-state index contributed by atoms with van der Waals surface area (Å²) >= 11 is 0. The maximum Gasteiger partial charge on any atom is 0.279 e. The highest BCUT2D eigenvalue weighted by Crippen LogP contribution is 2.33. The third-order valence-electron chi connectivity index (χ3n) is 5.78. The number of nitrogens with one attached hydrogen (secondary N) is 4. The van der Waals surface area contributed by atoms with Crippen LogP contribution >= 0.6 is 0 Å². The van der Waals surface area contributed by atoms with E-state index in [9.17, 15) is 13.6 Å². The molecule has 148 valence electrons. The maximum absolute atomic E-state index is 12.7. The first-order valence-corrected chi connectivity index (χ1v) is 9.28. The second kappa shape index (κ2) is 7.40. The van der Waals surface area contributed by atoms with Gasteiger partial charge in [0.2, 0.25) is 5.91 Å². The molecule has 2 saturated heterocycles. The number of halogens is 2. The molecule has 0 saturated carbocycles. The van der Waals surface area contributed by atoms with Crippen molar-refractivity contribution < 1.29 is 18.4 Å². The van der Waals surface area contributed by atoms with Crippen LogP contribution in [0.4, 0.5) is 8.78 Å². The first kappa shape index (κ1) is 18.7. The topological polar surface area (TPSA) is 77.7 Å². The van der Waals surface area contributed by atoms with Gasteiger partial charge in [0.1, 0.15) is 12.2 Å². The smallest absolute Gasteiger partial charge is 0.279 e. The van der Waals surface area contributed by atoms with Crippen molar-refractivity contribution in [1.82, 2.24) is 26.3 Å². The van der Waals surface area contributed by atoms with Gasteiger partial charge in [-0.05, 0) is 43.5 Å². The number of amides is 1. The summed E-state index contributed by atoms with van der Waals surface area (Å²) in [5.74, 6) is 0.0311. The van der Waals surface area contributed by atoms with E-state index in [1.165, 1.54) is 0 Å².